The SMILES string of the molecule is CCCCCC[N+]1=C(CN2CCN(c3ccccc3)CC2)N=C2C1C(=O)N(C)C(=O)N2C. The van der Waals surface area contributed by atoms with Crippen molar-refractivity contribution in [3.8, 4) is 0 Å². The molecule has 0 radical (unpaired) electrons. The predicted octanol–water partition coefficient (Wildman–Crippen LogP) is 2.10. The number of urea groups is 1. The van der Waals surface area contributed by atoms with Crippen LogP contribution in [0.1, 0.15) is 32.6 Å². The number of para-hydroxylation sites is 1. The number of hydrogen-bond acceptors (Lipinski definition) is 5. The number of carbonyl (C=O) groups excluding carboxylic acids is 2. The predicted molar refractivity (Wildman–Crippen MR) is 127 cm³/mol. The number of carbonyl (C=O) groups is 2. The van der Waals surface area contributed by atoms with E-state index >= 15 is 0 Å². The van der Waals surface area contributed by atoms with Gasteiger partial charge in [-0.2, -0.15) is 0 Å². The zero-order valence-corrected chi connectivity index (χ0v) is 19.5. The molecule has 0 aromatic heterocycles. The number of amidine groups is 2. The van der Waals surface area contributed by atoms with Crippen LogP contribution < -0.4 is 4.90 Å². The third-order valence-corrected chi connectivity index (χ3v) is 6.72. The van der Waals surface area contributed by atoms with Crippen LogP contribution in [0.2, 0.25) is 0 Å². The lowest BCUT2D eigenvalue weighted by atomic mass is 10.1. The Morgan fingerprint density at radius 2 is 1.69 bits per heavy atom. The Labute approximate surface area is 190 Å². The standard InChI is InChI=1S/C24H35N6O2/c1-4-5-6-10-13-30-20(25-22-21(30)23(31)27(3)24(32)26(22)2)18-28-14-16-29(17-15-28)19-11-8-7-9-12-19/h7-9,11-12,21H,4-6,10,13-18H2,1-3H3/q+1. The minimum atomic E-state index is -0.482. The van der Waals surface area contributed by atoms with Crippen LogP contribution in [0.15, 0.2) is 35.3 Å². The zero-order chi connectivity index (χ0) is 22.7. The van der Waals surface area contributed by atoms with E-state index in [1.165, 1.54) is 28.3 Å². The number of anilines is 1. The Kier molecular flexibility index (Phi) is 6.89. The maximum atomic E-state index is 13.0. The van der Waals surface area contributed by atoms with E-state index in [0.29, 0.717) is 12.4 Å². The summed E-state index contributed by atoms with van der Waals surface area (Å²) in [6.07, 6.45) is 4.52. The molecule has 0 N–H and O–H groups in total. The van der Waals surface area contributed by atoms with Crippen LogP contribution in [0.4, 0.5) is 10.5 Å². The minimum Gasteiger partial charge on any atom is -0.369 e. The van der Waals surface area contributed by atoms with E-state index < -0.39 is 6.04 Å². The highest BCUT2D eigenvalue weighted by Crippen LogP contribution is 2.21. The van der Waals surface area contributed by atoms with Crippen LogP contribution >= 0.6 is 0 Å². The van der Waals surface area contributed by atoms with Crippen molar-refractivity contribution in [1.82, 2.24) is 14.7 Å². The summed E-state index contributed by atoms with van der Waals surface area (Å²) in [7, 11) is 3.28. The number of likely N-dealkylation sites (N-methyl/N-ethyl adjacent to an activating group) is 2. The van der Waals surface area contributed by atoms with Gasteiger partial charge in [-0.15, -0.1) is 0 Å². The first-order chi connectivity index (χ1) is 15.5. The molecule has 2 saturated heterocycles. The molecular weight excluding hydrogens is 404 g/mol. The number of fused-ring (bicyclic) bond motifs is 1. The molecule has 4 rings (SSSR count). The number of amides is 3. The highest BCUT2D eigenvalue weighted by atomic mass is 16.2. The van der Waals surface area contributed by atoms with E-state index in [0.717, 1.165) is 51.4 Å². The number of benzene rings is 1. The Morgan fingerprint density at radius 1 is 0.969 bits per heavy atom. The molecular formula is C24H35N6O2+. The van der Waals surface area contributed by atoms with Gasteiger partial charge in [-0.25, -0.2) is 9.37 Å². The van der Waals surface area contributed by atoms with Gasteiger partial charge in [0.15, 0.2) is 0 Å². The lowest BCUT2D eigenvalue weighted by Gasteiger charge is -2.35. The van der Waals surface area contributed by atoms with Crippen molar-refractivity contribution >= 4 is 29.3 Å². The first kappa shape index (κ1) is 22.5. The van der Waals surface area contributed by atoms with Gasteiger partial charge >= 0.3 is 11.9 Å². The van der Waals surface area contributed by atoms with Crippen molar-refractivity contribution in [1.29, 1.82) is 0 Å². The summed E-state index contributed by atoms with van der Waals surface area (Å²) < 4.78 is 2.15. The summed E-state index contributed by atoms with van der Waals surface area (Å²) in [5.41, 5.74) is 1.26. The highest BCUT2D eigenvalue weighted by Gasteiger charge is 2.52. The normalized spacial score (nSPS) is 22.0. The van der Waals surface area contributed by atoms with Crippen LogP contribution in [-0.2, 0) is 4.79 Å². The van der Waals surface area contributed by atoms with Crippen LogP contribution in [0.25, 0.3) is 0 Å². The lowest BCUT2D eigenvalue weighted by Crippen LogP contribution is -2.61. The first-order valence-corrected chi connectivity index (χ1v) is 11.8. The second-order valence-electron chi connectivity index (χ2n) is 8.88. The van der Waals surface area contributed by atoms with E-state index in [4.69, 9.17) is 4.99 Å². The van der Waals surface area contributed by atoms with E-state index in [2.05, 4.69) is 45.6 Å². The molecule has 0 spiro atoms. The van der Waals surface area contributed by atoms with E-state index in [9.17, 15) is 9.59 Å². The summed E-state index contributed by atoms with van der Waals surface area (Å²) in [5.74, 6) is 1.32. The number of piperazine rings is 1. The molecule has 3 amide bonds. The third kappa shape index (κ3) is 4.41. The monoisotopic (exact) mass is 439 g/mol. The molecule has 1 unspecified atom stereocenters. The zero-order valence-electron chi connectivity index (χ0n) is 19.5. The molecule has 1 atom stereocenters. The molecule has 1 aromatic carbocycles. The van der Waals surface area contributed by atoms with E-state index in [1.54, 1.807) is 14.1 Å². The molecule has 32 heavy (non-hydrogen) atoms. The smallest absolute Gasteiger partial charge is 0.333 e. The van der Waals surface area contributed by atoms with Crippen molar-refractivity contribution in [3.05, 3.63) is 30.3 Å². The van der Waals surface area contributed by atoms with Gasteiger partial charge in [0, 0.05) is 46.0 Å². The van der Waals surface area contributed by atoms with Gasteiger partial charge in [0.25, 0.3) is 17.8 Å². The van der Waals surface area contributed by atoms with Crippen LogP contribution in [0.3, 0.4) is 0 Å². The summed E-state index contributed by atoms with van der Waals surface area (Å²) in [5, 5.41) is 0. The Bertz CT molecular complexity index is 904. The minimum absolute atomic E-state index is 0.175. The molecule has 0 aliphatic carbocycles. The van der Waals surface area contributed by atoms with Gasteiger partial charge in [-0.05, 0) is 30.0 Å². The molecule has 3 aliphatic rings. The third-order valence-electron chi connectivity index (χ3n) is 6.72. The Hall–Kier alpha value is -2.74. The molecule has 2 fully saturated rings. The molecule has 0 bridgehead atoms. The Balaban J connectivity index is 1.49. The van der Waals surface area contributed by atoms with Crippen molar-refractivity contribution in [2.75, 3.05) is 58.3 Å². The van der Waals surface area contributed by atoms with Crippen molar-refractivity contribution in [2.45, 2.75) is 38.6 Å². The number of imide groups is 1. The van der Waals surface area contributed by atoms with Gasteiger partial charge < -0.3 is 4.90 Å². The molecule has 8 nitrogen and oxygen atoms in total. The average molecular weight is 440 g/mol. The van der Waals surface area contributed by atoms with Crippen molar-refractivity contribution < 1.29 is 14.2 Å². The number of nitrogens with zero attached hydrogens (tertiary/aromatic N) is 6. The van der Waals surface area contributed by atoms with Gasteiger partial charge in [0.05, 0.1) is 6.54 Å². The molecule has 1 aromatic rings. The molecule has 3 aliphatic heterocycles. The summed E-state index contributed by atoms with van der Waals surface area (Å²) in [6.45, 7) is 7.51. The van der Waals surface area contributed by atoms with E-state index in [-0.39, 0.29) is 11.9 Å². The first-order valence-electron chi connectivity index (χ1n) is 11.8. The molecule has 3 heterocycles. The lowest BCUT2D eigenvalue weighted by molar-refractivity contribution is -0.537. The molecule has 8 heteroatoms. The number of rotatable bonds is 8. The fraction of sp³-hybridized carbons (Fsp3) is 0.583. The fourth-order valence-corrected chi connectivity index (χ4v) is 4.75. The maximum absolute atomic E-state index is 13.0. The van der Waals surface area contributed by atoms with Crippen LogP contribution in [-0.4, -0.2) is 102 Å². The summed E-state index contributed by atoms with van der Waals surface area (Å²) in [4.78, 5) is 37.9. The number of hydrogen-bond donors (Lipinski definition) is 0. The van der Waals surface area contributed by atoms with Gasteiger partial charge in [0.2, 0.25) is 0 Å². The summed E-state index contributed by atoms with van der Waals surface area (Å²) in [6, 6.07) is 9.73. The van der Waals surface area contributed by atoms with Gasteiger partial charge in [-0.1, -0.05) is 38.0 Å². The second-order valence-corrected chi connectivity index (χ2v) is 8.88. The topological polar surface area (TPSA) is 62.5 Å². The van der Waals surface area contributed by atoms with Crippen LogP contribution in [0, 0.1) is 0 Å². The quantitative estimate of drug-likeness (QED) is 0.460. The second kappa shape index (κ2) is 9.81. The summed E-state index contributed by atoms with van der Waals surface area (Å²) >= 11 is 0. The largest absolute Gasteiger partial charge is 0.369 e. The van der Waals surface area contributed by atoms with E-state index in [1.807, 2.05) is 6.07 Å². The highest BCUT2D eigenvalue weighted by molar-refractivity contribution is 6.23. The molecule has 0 saturated carbocycles. The maximum Gasteiger partial charge on any atom is 0.333 e. The van der Waals surface area contributed by atoms with Crippen LogP contribution in [0.5, 0.6) is 0 Å². The van der Waals surface area contributed by atoms with Crippen molar-refractivity contribution in [3.63, 3.8) is 0 Å². The van der Waals surface area contributed by atoms with Gasteiger partial charge in [0.1, 0.15) is 6.54 Å². The number of unbranched alkanes of at least 4 members (excludes halogenated alkanes) is 3. The fourth-order valence-electron chi connectivity index (χ4n) is 4.75. The van der Waals surface area contributed by atoms with Gasteiger partial charge in [-0.3, -0.25) is 19.5 Å². The average Bonchev–Trinajstić information content (AvgIpc) is 3.18. The number of aliphatic imine (C=N–C) groups is 1. The Morgan fingerprint density at radius 3 is 2.38 bits per heavy atom. The molecule has 172 valence electrons. The van der Waals surface area contributed by atoms with Crippen molar-refractivity contribution in [2.24, 2.45) is 4.99 Å².